The average Bonchev–Trinajstić information content (AvgIpc) is 3.16. The lowest BCUT2D eigenvalue weighted by Crippen LogP contribution is -2.30. The fourth-order valence-corrected chi connectivity index (χ4v) is 4.55. The van der Waals surface area contributed by atoms with Crippen molar-refractivity contribution in [2.24, 2.45) is 0 Å². The van der Waals surface area contributed by atoms with Crippen LogP contribution in [-0.2, 0) is 16.6 Å². The molecule has 0 radical (unpaired) electrons. The first kappa shape index (κ1) is 20.2. The van der Waals surface area contributed by atoms with Crippen molar-refractivity contribution >= 4 is 15.9 Å². The smallest absolute Gasteiger partial charge is 0.253 e. The fraction of sp³-hybridized carbons (Fsp3) is 0.350. The number of ether oxygens (including phenoxy) is 2. The van der Waals surface area contributed by atoms with Gasteiger partial charge in [-0.1, -0.05) is 19.9 Å². The molecule has 7 nitrogen and oxygen atoms in total. The van der Waals surface area contributed by atoms with E-state index in [2.05, 4.69) is 0 Å². The van der Waals surface area contributed by atoms with Gasteiger partial charge in [0.2, 0.25) is 16.8 Å². The standard InChI is InChI=1S/C20H24N2O5S/c1-4-22(5-2)28(24,25)17-9-7-16(8-10-17)20(23)21(3)13-15-6-11-18-19(12-15)27-14-26-18/h6-12H,4-5,13-14H2,1-3H3. The zero-order valence-corrected chi connectivity index (χ0v) is 17.0. The minimum Gasteiger partial charge on any atom is -0.454 e. The Morgan fingerprint density at radius 3 is 2.29 bits per heavy atom. The predicted octanol–water partition coefficient (Wildman–Crippen LogP) is 2.72. The summed E-state index contributed by atoms with van der Waals surface area (Å²) in [5, 5.41) is 0. The molecule has 28 heavy (non-hydrogen) atoms. The Labute approximate surface area is 165 Å². The summed E-state index contributed by atoms with van der Waals surface area (Å²) in [5.74, 6) is 1.18. The van der Waals surface area contributed by atoms with Gasteiger partial charge in [0.05, 0.1) is 4.90 Å². The molecule has 1 aliphatic rings. The van der Waals surface area contributed by atoms with Gasteiger partial charge in [-0.15, -0.1) is 0 Å². The minimum atomic E-state index is -3.54. The Hall–Kier alpha value is -2.58. The number of hydrogen-bond acceptors (Lipinski definition) is 5. The highest BCUT2D eigenvalue weighted by atomic mass is 32.2. The lowest BCUT2D eigenvalue weighted by atomic mass is 10.1. The van der Waals surface area contributed by atoms with Gasteiger partial charge in [-0.05, 0) is 42.0 Å². The number of benzene rings is 2. The Morgan fingerprint density at radius 2 is 1.64 bits per heavy atom. The van der Waals surface area contributed by atoms with Crippen LogP contribution in [0.4, 0.5) is 0 Å². The third-order valence-electron chi connectivity index (χ3n) is 4.65. The van der Waals surface area contributed by atoms with Crippen LogP contribution in [0.15, 0.2) is 47.4 Å². The Morgan fingerprint density at radius 1 is 1.00 bits per heavy atom. The maximum Gasteiger partial charge on any atom is 0.253 e. The van der Waals surface area contributed by atoms with Crippen LogP contribution in [0.3, 0.4) is 0 Å². The molecule has 2 aromatic rings. The largest absolute Gasteiger partial charge is 0.454 e. The summed E-state index contributed by atoms with van der Waals surface area (Å²) in [6, 6.07) is 11.6. The third-order valence-corrected chi connectivity index (χ3v) is 6.71. The summed E-state index contributed by atoms with van der Waals surface area (Å²) in [6.07, 6.45) is 0. The first-order valence-corrected chi connectivity index (χ1v) is 10.5. The molecule has 0 aromatic heterocycles. The molecule has 1 heterocycles. The van der Waals surface area contributed by atoms with E-state index in [1.54, 1.807) is 37.9 Å². The molecule has 0 atom stereocenters. The Kier molecular flexibility index (Phi) is 5.90. The number of fused-ring (bicyclic) bond motifs is 1. The molecule has 0 N–H and O–H groups in total. The van der Waals surface area contributed by atoms with E-state index in [4.69, 9.17) is 9.47 Å². The zero-order chi connectivity index (χ0) is 20.3. The van der Waals surface area contributed by atoms with Gasteiger partial charge in [-0.2, -0.15) is 4.31 Å². The van der Waals surface area contributed by atoms with E-state index in [1.165, 1.54) is 16.4 Å². The SMILES string of the molecule is CCN(CC)S(=O)(=O)c1ccc(C(=O)N(C)Cc2ccc3c(c2)OCO3)cc1. The molecule has 3 rings (SSSR count). The zero-order valence-electron chi connectivity index (χ0n) is 16.2. The van der Waals surface area contributed by atoms with E-state index < -0.39 is 10.0 Å². The van der Waals surface area contributed by atoms with Crippen LogP contribution in [0.5, 0.6) is 11.5 Å². The maximum atomic E-state index is 12.7. The lowest BCUT2D eigenvalue weighted by Gasteiger charge is -2.20. The van der Waals surface area contributed by atoms with Crippen LogP contribution in [0.1, 0.15) is 29.8 Å². The summed E-state index contributed by atoms with van der Waals surface area (Å²) in [5.41, 5.74) is 1.35. The molecule has 0 bridgehead atoms. The highest BCUT2D eigenvalue weighted by molar-refractivity contribution is 7.89. The van der Waals surface area contributed by atoms with Crippen molar-refractivity contribution in [2.45, 2.75) is 25.3 Å². The monoisotopic (exact) mass is 404 g/mol. The second-order valence-corrected chi connectivity index (χ2v) is 8.40. The summed E-state index contributed by atoms with van der Waals surface area (Å²) in [6.45, 7) is 4.99. The predicted molar refractivity (Wildman–Crippen MR) is 105 cm³/mol. The van der Waals surface area contributed by atoms with Crippen LogP contribution < -0.4 is 9.47 Å². The topological polar surface area (TPSA) is 76.2 Å². The number of sulfonamides is 1. The maximum absolute atomic E-state index is 12.7. The van der Waals surface area contributed by atoms with Gasteiger partial charge in [-0.25, -0.2) is 8.42 Å². The van der Waals surface area contributed by atoms with Gasteiger partial charge in [-0.3, -0.25) is 4.79 Å². The number of rotatable bonds is 7. The number of nitrogens with zero attached hydrogens (tertiary/aromatic N) is 2. The van der Waals surface area contributed by atoms with Gasteiger partial charge in [0.25, 0.3) is 5.91 Å². The minimum absolute atomic E-state index is 0.186. The second-order valence-electron chi connectivity index (χ2n) is 6.46. The molecular weight excluding hydrogens is 380 g/mol. The number of carbonyl (C=O) groups is 1. The van der Waals surface area contributed by atoms with E-state index in [0.29, 0.717) is 36.7 Å². The lowest BCUT2D eigenvalue weighted by molar-refractivity contribution is 0.0785. The molecule has 0 fully saturated rings. The number of amides is 1. The number of carbonyl (C=O) groups excluding carboxylic acids is 1. The van der Waals surface area contributed by atoms with Crippen molar-refractivity contribution in [2.75, 3.05) is 26.9 Å². The van der Waals surface area contributed by atoms with Gasteiger partial charge in [0.1, 0.15) is 0 Å². The van der Waals surface area contributed by atoms with Gasteiger partial charge >= 0.3 is 0 Å². The van der Waals surface area contributed by atoms with Crippen molar-refractivity contribution in [3.63, 3.8) is 0 Å². The van der Waals surface area contributed by atoms with Crippen molar-refractivity contribution in [3.05, 3.63) is 53.6 Å². The molecule has 0 saturated carbocycles. The second kappa shape index (κ2) is 8.20. The highest BCUT2D eigenvalue weighted by Gasteiger charge is 2.22. The van der Waals surface area contributed by atoms with E-state index >= 15 is 0 Å². The fourth-order valence-electron chi connectivity index (χ4n) is 3.09. The van der Waals surface area contributed by atoms with Crippen LogP contribution in [0, 0.1) is 0 Å². The van der Waals surface area contributed by atoms with E-state index in [0.717, 1.165) is 5.56 Å². The number of hydrogen-bond donors (Lipinski definition) is 0. The van der Waals surface area contributed by atoms with Crippen LogP contribution >= 0.6 is 0 Å². The quantitative estimate of drug-likeness (QED) is 0.709. The van der Waals surface area contributed by atoms with Gasteiger partial charge in [0.15, 0.2) is 11.5 Å². The molecule has 2 aromatic carbocycles. The molecule has 1 aliphatic heterocycles. The van der Waals surface area contributed by atoms with Crippen molar-refractivity contribution < 1.29 is 22.7 Å². The summed E-state index contributed by atoms with van der Waals surface area (Å²) in [4.78, 5) is 14.5. The molecular formula is C20H24N2O5S. The molecule has 0 saturated heterocycles. The van der Waals surface area contributed by atoms with Crippen molar-refractivity contribution in [1.29, 1.82) is 0 Å². The highest BCUT2D eigenvalue weighted by Crippen LogP contribution is 2.32. The molecule has 0 unspecified atom stereocenters. The first-order chi connectivity index (χ1) is 13.4. The summed E-state index contributed by atoms with van der Waals surface area (Å²) in [7, 11) is -1.83. The van der Waals surface area contributed by atoms with Crippen LogP contribution in [0.25, 0.3) is 0 Å². The van der Waals surface area contributed by atoms with E-state index in [-0.39, 0.29) is 17.6 Å². The summed E-state index contributed by atoms with van der Waals surface area (Å²) < 4.78 is 37.1. The third kappa shape index (κ3) is 3.98. The van der Waals surface area contributed by atoms with Gasteiger partial charge < -0.3 is 14.4 Å². The molecule has 0 aliphatic carbocycles. The van der Waals surface area contributed by atoms with Crippen LogP contribution in [0.2, 0.25) is 0 Å². The van der Waals surface area contributed by atoms with Crippen LogP contribution in [-0.4, -0.2) is 50.5 Å². The van der Waals surface area contributed by atoms with Crippen molar-refractivity contribution in [1.82, 2.24) is 9.21 Å². The molecule has 8 heteroatoms. The normalized spacial score (nSPS) is 13.0. The summed E-state index contributed by atoms with van der Waals surface area (Å²) >= 11 is 0. The van der Waals surface area contributed by atoms with Gasteiger partial charge in [0, 0.05) is 32.2 Å². The van der Waals surface area contributed by atoms with E-state index in [1.807, 2.05) is 18.2 Å². The molecule has 150 valence electrons. The van der Waals surface area contributed by atoms with E-state index in [9.17, 15) is 13.2 Å². The Balaban J connectivity index is 1.72. The first-order valence-electron chi connectivity index (χ1n) is 9.11. The average molecular weight is 404 g/mol. The molecule has 0 spiro atoms. The Bertz CT molecular complexity index is 953. The van der Waals surface area contributed by atoms with Crippen molar-refractivity contribution in [3.8, 4) is 11.5 Å². The molecule has 1 amide bonds.